The van der Waals surface area contributed by atoms with E-state index in [4.69, 9.17) is 4.74 Å². The summed E-state index contributed by atoms with van der Waals surface area (Å²) in [5.41, 5.74) is 0.172. The summed E-state index contributed by atoms with van der Waals surface area (Å²) >= 11 is 7.13. The van der Waals surface area contributed by atoms with Crippen LogP contribution in [0.15, 0.2) is 22.7 Å². The summed E-state index contributed by atoms with van der Waals surface area (Å²) in [6.45, 7) is 4.38. The summed E-state index contributed by atoms with van der Waals surface area (Å²) in [6, 6.07) is 4.56. The molecule has 1 aromatic carbocycles. The molecular weight excluding hydrogens is 363 g/mol. The molecule has 0 heterocycles. The van der Waals surface area contributed by atoms with Gasteiger partial charge in [-0.25, -0.2) is 4.39 Å². The molecule has 2 rings (SSSR count). The van der Waals surface area contributed by atoms with Gasteiger partial charge in [-0.1, -0.05) is 29.8 Å². The van der Waals surface area contributed by atoms with Crippen molar-refractivity contribution in [2.24, 2.45) is 5.41 Å². The van der Waals surface area contributed by atoms with Crippen LogP contribution in [0.2, 0.25) is 0 Å². The first-order valence-electron chi connectivity index (χ1n) is 6.29. The van der Waals surface area contributed by atoms with Gasteiger partial charge in [-0.2, -0.15) is 0 Å². The monoisotopic (exact) mass is 378 g/mol. The topological polar surface area (TPSA) is 9.23 Å². The lowest BCUT2D eigenvalue weighted by Crippen LogP contribution is -2.56. The van der Waals surface area contributed by atoms with Crippen molar-refractivity contribution in [3.63, 3.8) is 0 Å². The summed E-state index contributed by atoms with van der Waals surface area (Å²) in [7, 11) is 0. The van der Waals surface area contributed by atoms with E-state index < -0.39 is 0 Å². The number of ether oxygens (including phenoxy) is 1. The highest BCUT2D eigenvalue weighted by Crippen LogP contribution is 2.53. The molecule has 1 fully saturated rings. The number of hydrogen-bond acceptors (Lipinski definition) is 1. The lowest BCUT2D eigenvalue weighted by molar-refractivity contribution is -0.0416. The number of alkyl halides is 1. The van der Waals surface area contributed by atoms with E-state index in [1.807, 2.05) is 0 Å². The van der Waals surface area contributed by atoms with E-state index in [1.54, 1.807) is 6.07 Å². The molecule has 1 aromatic rings. The van der Waals surface area contributed by atoms with Crippen LogP contribution in [0.1, 0.15) is 33.1 Å². The van der Waals surface area contributed by atoms with E-state index in [-0.39, 0.29) is 17.3 Å². The quantitative estimate of drug-likeness (QED) is 0.644. The van der Waals surface area contributed by atoms with Crippen molar-refractivity contribution < 1.29 is 9.13 Å². The van der Waals surface area contributed by atoms with Gasteiger partial charge in [0, 0.05) is 16.3 Å². The highest BCUT2D eigenvalue weighted by Gasteiger charge is 2.53. The molecule has 0 spiro atoms. The fourth-order valence-corrected chi connectivity index (χ4v) is 4.36. The maximum Gasteiger partial charge on any atom is 0.136 e. The molecule has 0 aliphatic heterocycles. The van der Waals surface area contributed by atoms with E-state index in [0.717, 1.165) is 23.7 Å². The Hall–Kier alpha value is -0.0900. The van der Waals surface area contributed by atoms with E-state index in [1.165, 1.54) is 12.1 Å². The SMILES string of the molecule is CCC1(CC)C(Br)CC1Oc1cc(F)ccc1Br. The lowest BCUT2D eigenvalue weighted by Gasteiger charge is -2.52. The molecule has 2 atom stereocenters. The highest BCUT2D eigenvalue weighted by molar-refractivity contribution is 9.10. The number of hydrogen-bond donors (Lipinski definition) is 0. The average molecular weight is 380 g/mol. The summed E-state index contributed by atoms with van der Waals surface area (Å²) in [4.78, 5) is 0.498. The standard InChI is InChI=1S/C14H17Br2FO/c1-3-14(4-2)12(16)8-13(14)18-11-7-9(17)5-6-10(11)15/h5-7,12-13H,3-4,8H2,1-2H3. The van der Waals surface area contributed by atoms with Crippen molar-refractivity contribution in [3.05, 3.63) is 28.5 Å². The number of rotatable bonds is 4. The van der Waals surface area contributed by atoms with Gasteiger partial charge in [0.15, 0.2) is 0 Å². The first kappa shape index (κ1) is 14.3. The Bertz CT molecular complexity index is 432. The molecule has 0 amide bonds. The molecule has 4 heteroatoms. The molecule has 1 aliphatic rings. The summed E-state index contributed by atoms with van der Waals surface area (Å²) in [5, 5.41) is 0. The van der Waals surface area contributed by atoms with Gasteiger partial charge in [0.25, 0.3) is 0 Å². The molecule has 1 aliphatic carbocycles. The number of benzene rings is 1. The van der Waals surface area contributed by atoms with Crippen LogP contribution in [0.4, 0.5) is 4.39 Å². The lowest BCUT2D eigenvalue weighted by atomic mass is 9.62. The smallest absolute Gasteiger partial charge is 0.136 e. The third-order valence-electron chi connectivity index (χ3n) is 4.17. The third kappa shape index (κ3) is 2.34. The van der Waals surface area contributed by atoms with Crippen LogP contribution in [0.5, 0.6) is 5.75 Å². The van der Waals surface area contributed by atoms with E-state index >= 15 is 0 Å². The van der Waals surface area contributed by atoms with Crippen molar-refractivity contribution in [2.45, 2.75) is 44.0 Å². The van der Waals surface area contributed by atoms with Crippen molar-refractivity contribution in [3.8, 4) is 5.75 Å². The predicted octanol–water partition coefficient (Wildman–Crippen LogP) is 5.31. The van der Waals surface area contributed by atoms with E-state index in [9.17, 15) is 4.39 Å². The second kappa shape index (κ2) is 5.49. The van der Waals surface area contributed by atoms with Crippen LogP contribution in [0.3, 0.4) is 0 Å². The Labute approximate surface area is 124 Å². The van der Waals surface area contributed by atoms with Gasteiger partial charge in [0.2, 0.25) is 0 Å². The zero-order valence-electron chi connectivity index (χ0n) is 10.6. The van der Waals surface area contributed by atoms with Crippen LogP contribution in [-0.2, 0) is 0 Å². The molecule has 1 nitrogen and oxygen atoms in total. The average Bonchev–Trinajstić information content (AvgIpc) is 2.35. The first-order chi connectivity index (χ1) is 8.53. The summed E-state index contributed by atoms with van der Waals surface area (Å²) in [5.74, 6) is 0.340. The molecular formula is C14H17Br2FO. The molecule has 0 saturated heterocycles. The van der Waals surface area contributed by atoms with Gasteiger partial charge in [-0.3, -0.25) is 0 Å². The van der Waals surface area contributed by atoms with Crippen molar-refractivity contribution >= 4 is 31.9 Å². The maximum atomic E-state index is 13.2. The van der Waals surface area contributed by atoms with Crippen molar-refractivity contribution in [2.75, 3.05) is 0 Å². The minimum Gasteiger partial charge on any atom is -0.488 e. The van der Waals surface area contributed by atoms with Crippen LogP contribution in [0, 0.1) is 11.2 Å². The Kier molecular flexibility index (Phi) is 4.37. The Morgan fingerprint density at radius 1 is 1.39 bits per heavy atom. The van der Waals surface area contributed by atoms with Gasteiger partial charge in [-0.05, 0) is 47.3 Å². The molecule has 0 N–H and O–H groups in total. The van der Waals surface area contributed by atoms with Gasteiger partial charge in [0.1, 0.15) is 17.7 Å². The second-order valence-corrected chi connectivity index (χ2v) is 6.78. The maximum absolute atomic E-state index is 13.2. The largest absolute Gasteiger partial charge is 0.488 e. The summed E-state index contributed by atoms with van der Waals surface area (Å²) < 4.78 is 20.1. The van der Waals surface area contributed by atoms with Gasteiger partial charge >= 0.3 is 0 Å². The fourth-order valence-electron chi connectivity index (χ4n) is 2.73. The van der Waals surface area contributed by atoms with Gasteiger partial charge in [-0.15, -0.1) is 0 Å². The van der Waals surface area contributed by atoms with Crippen LogP contribution in [0.25, 0.3) is 0 Å². The molecule has 0 radical (unpaired) electrons. The minimum atomic E-state index is -0.262. The molecule has 1 saturated carbocycles. The molecule has 100 valence electrons. The zero-order chi connectivity index (χ0) is 13.3. The number of halogens is 3. The zero-order valence-corrected chi connectivity index (χ0v) is 13.7. The van der Waals surface area contributed by atoms with Crippen LogP contribution < -0.4 is 4.74 Å². The first-order valence-corrected chi connectivity index (χ1v) is 8.00. The normalized spacial score (nSPS) is 25.6. The summed E-state index contributed by atoms with van der Waals surface area (Å²) in [6.07, 6.45) is 3.27. The van der Waals surface area contributed by atoms with E-state index in [0.29, 0.717) is 10.6 Å². The Morgan fingerprint density at radius 2 is 2.06 bits per heavy atom. The van der Waals surface area contributed by atoms with E-state index in [2.05, 4.69) is 45.7 Å². The van der Waals surface area contributed by atoms with Crippen molar-refractivity contribution in [1.29, 1.82) is 0 Å². The molecule has 18 heavy (non-hydrogen) atoms. The highest BCUT2D eigenvalue weighted by atomic mass is 79.9. The van der Waals surface area contributed by atoms with Crippen molar-refractivity contribution in [1.82, 2.24) is 0 Å². The van der Waals surface area contributed by atoms with Gasteiger partial charge in [0.05, 0.1) is 4.47 Å². The molecule has 0 aromatic heterocycles. The third-order valence-corrected chi connectivity index (χ3v) is 6.11. The second-order valence-electron chi connectivity index (χ2n) is 4.82. The predicted molar refractivity (Wildman–Crippen MR) is 78.9 cm³/mol. The Morgan fingerprint density at radius 3 is 2.61 bits per heavy atom. The molecule has 0 bridgehead atoms. The minimum absolute atomic E-state index is 0.162. The fraction of sp³-hybridized carbons (Fsp3) is 0.571. The molecule has 2 unspecified atom stereocenters. The van der Waals surface area contributed by atoms with Crippen LogP contribution >= 0.6 is 31.9 Å². The van der Waals surface area contributed by atoms with Crippen LogP contribution in [-0.4, -0.2) is 10.9 Å². The van der Waals surface area contributed by atoms with Gasteiger partial charge < -0.3 is 4.74 Å². The Balaban J connectivity index is 2.17.